The van der Waals surface area contributed by atoms with Gasteiger partial charge in [-0.15, -0.1) is 18.9 Å². The number of benzene rings is 1. The molecule has 1 N–H and O–H groups in total. The quantitative estimate of drug-likeness (QED) is 0.318. The van der Waals surface area contributed by atoms with Gasteiger partial charge in [-0.05, 0) is 88.3 Å². The fraction of sp³-hybridized carbons (Fsp3) is 0.567. The zero-order valence-corrected chi connectivity index (χ0v) is 28.2. The van der Waals surface area contributed by atoms with Crippen LogP contribution in [0.5, 0.6) is 0 Å². The van der Waals surface area contributed by atoms with Crippen LogP contribution < -0.4 is 10.2 Å². The third-order valence-electron chi connectivity index (χ3n) is 6.54. The molecule has 2 heterocycles. The molecule has 3 amide bonds. The zero-order valence-electron chi connectivity index (χ0n) is 27.4. The topological polar surface area (TPSA) is 135 Å². The van der Waals surface area contributed by atoms with Crippen LogP contribution in [0.4, 0.5) is 43.0 Å². The smallest absolute Gasteiger partial charge is 0.441 e. The standard InChI is InChI=1S/C30H39F5N6O5S/c1-18-21(23(38-37-22(18)30(33,34)35)41-15-10-13-29(31,32)14-16-41)24(42)36-19-11-9-12-20(17-19)47(8,39-25(43)45-27(2,3)4)40-26(44)46-28(5,6)7/h9,11-12,17H,10,13-16H2,1-8H3,(H,36,42). The average Bonchev–Trinajstić information content (AvgIpc) is 3.05. The second-order valence-corrected chi connectivity index (χ2v) is 15.5. The van der Waals surface area contributed by atoms with E-state index in [0.29, 0.717) is 0 Å². The maximum Gasteiger partial charge on any atom is 0.441 e. The SMILES string of the molecule is Cc1c(C(F)(F)F)nnc(N2CCCC(F)(F)CC2)c1C(=O)Nc1cccc(S(C)(=NC(=O)OC(C)(C)C)=NC(=O)OC(C)(C)C)c1. The number of halogens is 5. The van der Waals surface area contributed by atoms with E-state index in [1.165, 1.54) is 35.4 Å². The van der Waals surface area contributed by atoms with Crippen molar-refractivity contribution in [1.82, 2.24) is 10.2 Å². The van der Waals surface area contributed by atoms with Gasteiger partial charge in [0.1, 0.15) is 11.2 Å². The molecule has 11 nitrogen and oxygen atoms in total. The molecule has 1 aromatic heterocycles. The first-order valence-corrected chi connectivity index (χ1v) is 16.5. The Morgan fingerprint density at radius 1 is 0.936 bits per heavy atom. The lowest BCUT2D eigenvalue weighted by molar-refractivity contribution is -0.142. The molecule has 0 spiro atoms. The van der Waals surface area contributed by atoms with Crippen LogP contribution >= 0.6 is 0 Å². The van der Waals surface area contributed by atoms with E-state index in [-0.39, 0.29) is 35.9 Å². The van der Waals surface area contributed by atoms with Crippen LogP contribution in [0.2, 0.25) is 0 Å². The monoisotopic (exact) mass is 690 g/mol. The Kier molecular flexibility index (Phi) is 10.9. The van der Waals surface area contributed by atoms with E-state index in [4.69, 9.17) is 9.47 Å². The molecule has 3 rings (SSSR count). The Hall–Kier alpha value is -3.89. The number of amides is 3. The molecule has 0 unspecified atom stereocenters. The van der Waals surface area contributed by atoms with Crippen molar-refractivity contribution in [3.05, 3.63) is 41.1 Å². The summed E-state index contributed by atoms with van der Waals surface area (Å²) in [5.41, 5.74) is -4.23. The third kappa shape index (κ3) is 10.6. The number of nitrogens with one attached hydrogen (secondary N) is 1. The lowest BCUT2D eigenvalue weighted by Gasteiger charge is -2.25. The van der Waals surface area contributed by atoms with Gasteiger partial charge < -0.3 is 19.7 Å². The van der Waals surface area contributed by atoms with E-state index in [2.05, 4.69) is 24.2 Å². The summed E-state index contributed by atoms with van der Waals surface area (Å²) in [6.07, 6.45) is -6.54. The summed E-state index contributed by atoms with van der Waals surface area (Å²) >= 11 is 0. The molecule has 47 heavy (non-hydrogen) atoms. The molecule has 1 aliphatic rings. The van der Waals surface area contributed by atoms with E-state index >= 15 is 0 Å². The molecule has 0 saturated carbocycles. The number of anilines is 2. The first-order valence-electron chi connectivity index (χ1n) is 14.6. The van der Waals surface area contributed by atoms with E-state index in [9.17, 15) is 36.3 Å². The van der Waals surface area contributed by atoms with Gasteiger partial charge in [-0.2, -0.15) is 13.2 Å². The number of carbonyl (C=O) groups excluding carboxylic acids is 3. The molecule has 1 aromatic carbocycles. The van der Waals surface area contributed by atoms with Crippen molar-refractivity contribution in [2.45, 2.75) is 95.9 Å². The molecule has 0 aliphatic carbocycles. The number of rotatable bonds is 4. The van der Waals surface area contributed by atoms with E-state index in [0.717, 1.165) is 6.92 Å². The highest BCUT2D eigenvalue weighted by atomic mass is 32.2. The Bertz CT molecular complexity index is 1620. The summed E-state index contributed by atoms with van der Waals surface area (Å²) in [4.78, 5) is 40.8. The molecule has 1 fully saturated rings. The Balaban J connectivity index is 2.12. The highest BCUT2D eigenvalue weighted by Gasteiger charge is 2.39. The number of hydrogen-bond acceptors (Lipinski definition) is 8. The minimum absolute atomic E-state index is 0.0154. The van der Waals surface area contributed by atoms with Crippen molar-refractivity contribution in [2.24, 2.45) is 8.73 Å². The third-order valence-corrected chi connectivity index (χ3v) is 8.70. The molecular weight excluding hydrogens is 651 g/mol. The molecule has 0 bridgehead atoms. The number of carbonyl (C=O) groups is 3. The van der Waals surface area contributed by atoms with Gasteiger partial charge in [0.25, 0.3) is 5.91 Å². The minimum Gasteiger partial charge on any atom is -0.442 e. The molecule has 2 aromatic rings. The first kappa shape index (κ1) is 37.6. The minimum atomic E-state index is -4.95. The number of ether oxygens (including phenoxy) is 2. The van der Waals surface area contributed by atoms with Crippen LogP contribution in [0, 0.1) is 6.92 Å². The van der Waals surface area contributed by atoms with Crippen LogP contribution in [0.3, 0.4) is 0 Å². The molecular formula is C30H39F5N6O5S. The van der Waals surface area contributed by atoms with Crippen molar-refractivity contribution in [1.29, 1.82) is 0 Å². The molecule has 260 valence electrons. The summed E-state index contributed by atoms with van der Waals surface area (Å²) in [7, 11) is -3.06. The lowest BCUT2D eigenvalue weighted by atomic mass is 10.1. The van der Waals surface area contributed by atoms with Crippen molar-refractivity contribution >= 4 is 39.2 Å². The number of alkyl halides is 5. The van der Waals surface area contributed by atoms with Crippen molar-refractivity contribution in [3.8, 4) is 0 Å². The van der Waals surface area contributed by atoms with Gasteiger partial charge in [-0.25, -0.2) is 18.4 Å². The van der Waals surface area contributed by atoms with Gasteiger partial charge in [-0.3, -0.25) is 4.79 Å². The Labute approximate surface area is 270 Å². The zero-order chi connectivity index (χ0) is 35.6. The molecule has 0 radical (unpaired) electrons. The van der Waals surface area contributed by atoms with Crippen LogP contribution in [-0.2, 0) is 25.3 Å². The van der Waals surface area contributed by atoms with Gasteiger partial charge in [-0.1, -0.05) is 6.07 Å². The normalized spacial score (nSPS) is 15.7. The number of nitrogens with zero attached hydrogens (tertiary/aromatic N) is 5. The predicted octanol–water partition coefficient (Wildman–Crippen LogP) is 8.06. The largest absolute Gasteiger partial charge is 0.442 e. The van der Waals surface area contributed by atoms with Crippen molar-refractivity contribution < 1.29 is 45.8 Å². The summed E-state index contributed by atoms with van der Waals surface area (Å²) in [6, 6.07) is 5.73. The number of hydrogen-bond donors (Lipinski definition) is 1. The fourth-order valence-electron chi connectivity index (χ4n) is 4.53. The van der Waals surface area contributed by atoms with Gasteiger partial charge in [0.2, 0.25) is 5.92 Å². The highest BCUT2D eigenvalue weighted by Crippen LogP contribution is 2.36. The lowest BCUT2D eigenvalue weighted by Crippen LogP contribution is -2.31. The molecule has 1 aliphatic heterocycles. The van der Waals surface area contributed by atoms with Crippen molar-refractivity contribution in [3.63, 3.8) is 0 Å². The van der Waals surface area contributed by atoms with E-state index < -0.39 is 80.7 Å². The number of aromatic nitrogens is 2. The fourth-order valence-corrected chi connectivity index (χ4v) is 6.13. The maximum absolute atomic E-state index is 14.1. The molecule has 1 saturated heterocycles. The van der Waals surface area contributed by atoms with E-state index in [1.54, 1.807) is 41.5 Å². The second-order valence-electron chi connectivity index (χ2n) is 13.0. The molecule has 17 heteroatoms. The van der Waals surface area contributed by atoms with E-state index in [1.807, 2.05) is 0 Å². The second kappa shape index (κ2) is 13.7. The van der Waals surface area contributed by atoms with Gasteiger partial charge >= 0.3 is 18.4 Å². The first-order chi connectivity index (χ1) is 21.4. The van der Waals surface area contributed by atoms with Crippen LogP contribution in [0.1, 0.15) is 82.4 Å². The average molecular weight is 691 g/mol. The summed E-state index contributed by atoms with van der Waals surface area (Å²) in [6.45, 7) is 10.6. The van der Waals surface area contributed by atoms with Gasteiger partial charge in [0.15, 0.2) is 11.5 Å². The van der Waals surface area contributed by atoms with Gasteiger partial charge in [0, 0.05) is 42.8 Å². The maximum atomic E-state index is 14.1. The van der Waals surface area contributed by atoms with Crippen LogP contribution in [-0.4, -0.2) is 64.8 Å². The molecule has 0 atom stereocenters. The summed E-state index contributed by atoms with van der Waals surface area (Å²) in [5.74, 6) is -4.26. The summed E-state index contributed by atoms with van der Waals surface area (Å²) < 4.78 is 88.4. The summed E-state index contributed by atoms with van der Waals surface area (Å²) in [5, 5.41) is 9.52. The van der Waals surface area contributed by atoms with Crippen LogP contribution in [0.15, 0.2) is 37.9 Å². The Morgan fingerprint density at radius 3 is 2.04 bits per heavy atom. The van der Waals surface area contributed by atoms with Gasteiger partial charge in [0.05, 0.1) is 5.56 Å². The Morgan fingerprint density at radius 2 is 1.51 bits per heavy atom. The van der Waals surface area contributed by atoms with Crippen molar-refractivity contribution in [2.75, 3.05) is 29.6 Å². The highest BCUT2D eigenvalue weighted by molar-refractivity contribution is 7.95. The predicted molar refractivity (Wildman–Crippen MR) is 166 cm³/mol. The van der Waals surface area contributed by atoms with Crippen LogP contribution in [0.25, 0.3) is 0 Å².